The van der Waals surface area contributed by atoms with Gasteiger partial charge in [0.1, 0.15) is 5.75 Å². The average Bonchev–Trinajstić information content (AvgIpc) is 3.22. The van der Waals surface area contributed by atoms with Crippen LogP contribution in [0.5, 0.6) is 5.75 Å². The maximum atomic E-state index is 13.1. The third-order valence-corrected chi connectivity index (χ3v) is 5.50. The minimum atomic E-state index is -0.0300. The number of benzene rings is 2. The minimum Gasteiger partial charge on any atom is -0.484 e. The van der Waals surface area contributed by atoms with Crippen LogP contribution in [0.15, 0.2) is 67.0 Å². The average molecular weight is 386 g/mol. The van der Waals surface area contributed by atoms with Crippen LogP contribution in [0.4, 0.5) is 0 Å². The number of ether oxygens (including phenoxy) is 1. The Morgan fingerprint density at radius 2 is 1.90 bits per heavy atom. The van der Waals surface area contributed by atoms with Crippen LogP contribution in [0.2, 0.25) is 0 Å². The third kappa shape index (κ3) is 4.83. The fraction of sp³-hybridized carbons (Fsp3) is 0.280. The van der Waals surface area contributed by atoms with Crippen molar-refractivity contribution in [3.8, 4) is 5.75 Å². The first-order chi connectivity index (χ1) is 14.2. The lowest BCUT2D eigenvalue weighted by Gasteiger charge is -2.24. The van der Waals surface area contributed by atoms with Crippen molar-refractivity contribution in [2.75, 3.05) is 6.61 Å². The molecule has 4 nitrogen and oxygen atoms in total. The van der Waals surface area contributed by atoms with Crippen LogP contribution in [-0.2, 0) is 30.7 Å². The zero-order chi connectivity index (χ0) is 20.1. The van der Waals surface area contributed by atoms with Crippen LogP contribution in [0.1, 0.15) is 34.2 Å². The first-order valence-corrected chi connectivity index (χ1v) is 10.1. The summed E-state index contributed by atoms with van der Waals surface area (Å²) in [5.41, 5.74) is 6.08. The molecule has 0 bridgehead atoms. The van der Waals surface area contributed by atoms with E-state index in [0.717, 1.165) is 29.7 Å². The van der Waals surface area contributed by atoms with Gasteiger partial charge in [0.05, 0.1) is 0 Å². The summed E-state index contributed by atoms with van der Waals surface area (Å²) in [5, 5.41) is 0. The highest BCUT2D eigenvalue weighted by Gasteiger charge is 2.17. The van der Waals surface area contributed by atoms with Gasteiger partial charge in [0.15, 0.2) is 6.61 Å². The monoisotopic (exact) mass is 386 g/mol. The number of carbonyl (C=O) groups excluding carboxylic acids is 1. The van der Waals surface area contributed by atoms with Crippen molar-refractivity contribution in [3.05, 3.63) is 94.8 Å². The number of amides is 1. The topological polar surface area (TPSA) is 42.4 Å². The van der Waals surface area contributed by atoms with E-state index in [0.29, 0.717) is 13.1 Å². The highest BCUT2D eigenvalue weighted by molar-refractivity contribution is 5.77. The van der Waals surface area contributed by atoms with Crippen molar-refractivity contribution in [2.45, 2.75) is 39.3 Å². The molecule has 1 aliphatic carbocycles. The number of hydrogen-bond acceptors (Lipinski definition) is 3. The van der Waals surface area contributed by atoms with Crippen molar-refractivity contribution in [2.24, 2.45) is 0 Å². The second kappa shape index (κ2) is 8.91. The van der Waals surface area contributed by atoms with Gasteiger partial charge >= 0.3 is 0 Å². The molecule has 1 aliphatic rings. The van der Waals surface area contributed by atoms with Gasteiger partial charge in [0.2, 0.25) is 0 Å². The molecule has 0 atom stereocenters. The first kappa shape index (κ1) is 19.2. The molecule has 29 heavy (non-hydrogen) atoms. The van der Waals surface area contributed by atoms with E-state index < -0.39 is 0 Å². The predicted molar refractivity (Wildman–Crippen MR) is 114 cm³/mol. The van der Waals surface area contributed by atoms with Gasteiger partial charge in [-0.2, -0.15) is 0 Å². The largest absolute Gasteiger partial charge is 0.484 e. The van der Waals surface area contributed by atoms with E-state index in [2.05, 4.69) is 36.2 Å². The zero-order valence-corrected chi connectivity index (χ0v) is 16.8. The molecular formula is C25H26N2O2. The summed E-state index contributed by atoms with van der Waals surface area (Å²) in [5.74, 6) is 0.744. The fourth-order valence-electron chi connectivity index (χ4n) is 3.81. The number of nitrogens with zero attached hydrogens (tertiary/aromatic N) is 2. The van der Waals surface area contributed by atoms with Crippen LogP contribution >= 0.6 is 0 Å². The van der Waals surface area contributed by atoms with E-state index in [1.807, 2.05) is 35.2 Å². The van der Waals surface area contributed by atoms with Gasteiger partial charge in [0.25, 0.3) is 5.91 Å². The highest BCUT2D eigenvalue weighted by atomic mass is 16.5. The Morgan fingerprint density at radius 1 is 1.03 bits per heavy atom. The molecule has 0 unspecified atom stereocenters. The number of pyridine rings is 1. The van der Waals surface area contributed by atoms with E-state index in [9.17, 15) is 4.79 Å². The van der Waals surface area contributed by atoms with E-state index >= 15 is 0 Å². The normalized spacial score (nSPS) is 12.4. The third-order valence-electron chi connectivity index (χ3n) is 5.50. The quantitative estimate of drug-likeness (QED) is 0.601. The second-order valence-corrected chi connectivity index (χ2v) is 7.61. The van der Waals surface area contributed by atoms with E-state index in [4.69, 9.17) is 4.74 Å². The summed E-state index contributed by atoms with van der Waals surface area (Å²) in [7, 11) is 0. The molecule has 0 aliphatic heterocycles. The summed E-state index contributed by atoms with van der Waals surface area (Å²) in [4.78, 5) is 19.1. The van der Waals surface area contributed by atoms with Crippen molar-refractivity contribution < 1.29 is 9.53 Å². The Balaban J connectivity index is 1.47. The smallest absolute Gasteiger partial charge is 0.261 e. The van der Waals surface area contributed by atoms with Crippen molar-refractivity contribution >= 4 is 5.91 Å². The Labute approximate surface area is 172 Å². The Kier molecular flexibility index (Phi) is 5.89. The molecule has 0 spiro atoms. The summed E-state index contributed by atoms with van der Waals surface area (Å²) in [6, 6.07) is 18.2. The SMILES string of the molecule is Cc1ccccc1CN(Cc1cccnc1)C(=O)COc1ccc2c(c1)CCC2. The van der Waals surface area contributed by atoms with Gasteiger partial charge in [-0.25, -0.2) is 0 Å². The predicted octanol–water partition coefficient (Wildman–Crippen LogP) is 4.49. The van der Waals surface area contributed by atoms with Gasteiger partial charge in [0, 0.05) is 25.5 Å². The minimum absolute atomic E-state index is 0.0300. The van der Waals surface area contributed by atoms with Gasteiger partial charge in [-0.15, -0.1) is 0 Å². The molecule has 4 heteroatoms. The molecule has 1 amide bonds. The van der Waals surface area contributed by atoms with Crippen molar-refractivity contribution in [1.82, 2.24) is 9.88 Å². The Bertz CT molecular complexity index is 985. The molecule has 4 rings (SSSR count). The summed E-state index contributed by atoms with van der Waals surface area (Å²) >= 11 is 0. The molecular weight excluding hydrogens is 360 g/mol. The lowest BCUT2D eigenvalue weighted by atomic mass is 10.1. The highest BCUT2D eigenvalue weighted by Crippen LogP contribution is 2.26. The lowest BCUT2D eigenvalue weighted by Crippen LogP contribution is -2.34. The Hall–Kier alpha value is -3.14. The van der Waals surface area contributed by atoms with Crippen LogP contribution in [0, 0.1) is 6.92 Å². The van der Waals surface area contributed by atoms with Crippen LogP contribution in [-0.4, -0.2) is 22.4 Å². The molecule has 0 saturated heterocycles. The number of hydrogen-bond donors (Lipinski definition) is 0. The molecule has 1 heterocycles. The molecule has 1 aromatic heterocycles. The molecule has 148 valence electrons. The van der Waals surface area contributed by atoms with Crippen LogP contribution in [0.3, 0.4) is 0 Å². The molecule has 2 aromatic carbocycles. The molecule has 3 aromatic rings. The van der Waals surface area contributed by atoms with Gasteiger partial charge in [-0.1, -0.05) is 36.4 Å². The fourth-order valence-corrected chi connectivity index (χ4v) is 3.81. The summed E-state index contributed by atoms with van der Waals surface area (Å²) in [6.07, 6.45) is 6.99. The van der Waals surface area contributed by atoms with Crippen molar-refractivity contribution in [3.63, 3.8) is 0 Å². The summed E-state index contributed by atoms with van der Waals surface area (Å²) in [6.45, 7) is 3.16. The molecule has 0 radical (unpaired) electrons. The van der Waals surface area contributed by atoms with Crippen LogP contribution in [0.25, 0.3) is 0 Å². The Morgan fingerprint density at radius 3 is 2.72 bits per heavy atom. The first-order valence-electron chi connectivity index (χ1n) is 10.1. The molecule has 0 saturated carbocycles. The second-order valence-electron chi connectivity index (χ2n) is 7.61. The van der Waals surface area contributed by atoms with E-state index in [1.54, 1.807) is 12.4 Å². The maximum absolute atomic E-state index is 13.1. The van der Waals surface area contributed by atoms with Gasteiger partial charge in [-0.3, -0.25) is 9.78 Å². The molecule has 0 fully saturated rings. The standard InChI is InChI=1S/C25H26N2O2/c1-19-6-2-3-8-23(19)17-27(16-20-7-5-13-26-15-20)25(28)18-29-24-12-11-21-9-4-10-22(21)14-24/h2-3,5-8,11-15H,4,9-10,16-18H2,1H3. The number of aryl methyl sites for hydroxylation is 3. The van der Waals surface area contributed by atoms with E-state index in [1.165, 1.54) is 23.1 Å². The summed E-state index contributed by atoms with van der Waals surface area (Å²) < 4.78 is 5.87. The zero-order valence-electron chi connectivity index (χ0n) is 16.8. The van der Waals surface area contributed by atoms with Crippen LogP contribution < -0.4 is 4.74 Å². The number of fused-ring (bicyclic) bond motifs is 1. The van der Waals surface area contributed by atoms with Gasteiger partial charge < -0.3 is 9.64 Å². The maximum Gasteiger partial charge on any atom is 0.261 e. The van der Waals surface area contributed by atoms with E-state index in [-0.39, 0.29) is 12.5 Å². The van der Waals surface area contributed by atoms with Crippen molar-refractivity contribution in [1.29, 1.82) is 0 Å². The number of rotatable bonds is 7. The molecule has 0 N–H and O–H groups in total. The number of carbonyl (C=O) groups is 1. The lowest BCUT2D eigenvalue weighted by molar-refractivity contribution is -0.134. The van der Waals surface area contributed by atoms with Gasteiger partial charge in [-0.05, 0) is 72.2 Å². The number of aromatic nitrogens is 1.